The Labute approximate surface area is 159 Å². The molecule has 2 fully saturated rings. The Morgan fingerprint density at radius 2 is 1.96 bits per heavy atom. The van der Waals surface area contributed by atoms with E-state index in [1.54, 1.807) is 31.2 Å². The summed E-state index contributed by atoms with van der Waals surface area (Å²) in [6.45, 7) is 2.37. The molecule has 2 aliphatic rings. The van der Waals surface area contributed by atoms with Crippen LogP contribution in [0.25, 0.3) is 0 Å². The van der Waals surface area contributed by atoms with Crippen molar-refractivity contribution in [1.29, 1.82) is 0 Å². The number of carbonyl (C=O) groups excluding carboxylic acids is 3. The Kier molecular flexibility index (Phi) is 6.32. The summed E-state index contributed by atoms with van der Waals surface area (Å²) in [6, 6.07) is 6.98. The highest BCUT2D eigenvalue weighted by Gasteiger charge is 2.30. The third-order valence-corrected chi connectivity index (χ3v) is 4.57. The van der Waals surface area contributed by atoms with Crippen molar-refractivity contribution >= 4 is 23.5 Å². The van der Waals surface area contributed by atoms with Crippen LogP contribution in [-0.4, -0.2) is 49.0 Å². The molecule has 2 aliphatic carbocycles. The molecule has 1 aromatic rings. The monoisotopic (exact) mass is 374 g/mol. The topological polar surface area (TPSA) is 84.9 Å². The van der Waals surface area contributed by atoms with Crippen LogP contribution < -0.4 is 10.1 Å². The van der Waals surface area contributed by atoms with Crippen molar-refractivity contribution in [2.75, 3.05) is 31.6 Å². The SMILES string of the molecule is CCOC(=O)CN(CC1CC1)C(=O)COc1cccc(NC(=O)C2CC2)c1. The maximum absolute atomic E-state index is 12.5. The van der Waals surface area contributed by atoms with Crippen molar-refractivity contribution < 1.29 is 23.9 Å². The third-order valence-electron chi connectivity index (χ3n) is 4.57. The summed E-state index contributed by atoms with van der Waals surface area (Å²) in [6.07, 6.45) is 4.04. The van der Waals surface area contributed by atoms with Gasteiger partial charge >= 0.3 is 5.97 Å². The average molecular weight is 374 g/mol. The summed E-state index contributed by atoms with van der Waals surface area (Å²) in [4.78, 5) is 37.6. The fourth-order valence-electron chi connectivity index (χ4n) is 2.72. The van der Waals surface area contributed by atoms with Crippen LogP contribution in [-0.2, 0) is 19.1 Å². The van der Waals surface area contributed by atoms with Crippen LogP contribution in [0.1, 0.15) is 32.6 Å². The molecule has 2 saturated carbocycles. The number of carbonyl (C=O) groups is 3. The number of rotatable bonds is 10. The van der Waals surface area contributed by atoms with E-state index in [0.29, 0.717) is 30.5 Å². The standard InChI is InChI=1S/C20H26N2O5/c1-2-26-19(24)12-22(11-14-6-7-14)18(23)13-27-17-5-3-4-16(10-17)21-20(25)15-8-9-15/h3-5,10,14-15H,2,6-9,11-13H2,1H3,(H,21,25). The van der Waals surface area contributed by atoms with Crippen LogP contribution in [0.3, 0.4) is 0 Å². The van der Waals surface area contributed by atoms with Gasteiger partial charge < -0.3 is 19.7 Å². The van der Waals surface area contributed by atoms with E-state index in [0.717, 1.165) is 25.7 Å². The summed E-state index contributed by atoms with van der Waals surface area (Å²) < 4.78 is 10.5. The largest absolute Gasteiger partial charge is 0.484 e. The van der Waals surface area contributed by atoms with Crippen molar-refractivity contribution in [3.05, 3.63) is 24.3 Å². The van der Waals surface area contributed by atoms with Crippen LogP contribution in [0.2, 0.25) is 0 Å². The van der Waals surface area contributed by atoms with Crippen molar-refractivity contribution in [3.63, 3.8) is 0 Å². The lowest BCUT2D eigenvalue weighted by molar-refractivity contribution is -0.149. The van der Waals surface area contributed by atoms with Gasteiger partial charge in [-0.1, -0.05) is 6.07 Å². The second kappa shape index (κ2) is 8.88. The Bertz CT molecular complexity index is 697. The molecule has 0 unspecified atom stereocenters. The molecule has 0 saturated heterocycles. The smallest absolute Gasteiger partial charge is 0.325 e. The van der Waals surface area contributed by atoms with E-state index in [1.165, 1.54) is 4.90 Å². The Balaban J connectivity index is 1.52. The number of hydrogen-bond acceptors (Lipinski definition) is 5. The van der Waals surface area contributed by atoms with Crippen molar-refractivity contribution in [3.8, 4) is 5.75 Å². The summed E-state index contributed by atoms with van der Waals surface area (Å²) >= 11 is 0. The minimum Gasteiger partial charge on any atom is -0.484 e. The number of nitrogens with one attached hydrogen (secondary N) is 1. The maximum atomic E-state index is 12.5. The first-order chi connectivity index (χ1) is 13.0. The first-order valence-corrected chi connectivity index (χ1v) is 9.52. The zero-order chi connectivity index (χ0) is 19.2. The van der Waals surface area contributed by atoms with Gasteiger partial charge in [0.15, 0.2) is 6.61 Å². The predicted molar refractivity (Wildman–Crippen MR) is 99.2 cm³/mol. The molecule has 0 aliphatic heterocycles. The van der Waals surface area contributed by atoms with Gasteiger partial charge in [-0.2, -0.15) is 0 Å². The van der Waals surface area contributed by atoms with Gasteiger partial charge in [-0.25, -0.2) is 0 Å². The summed E-state index contributed by atoms with van der Waals surface area (Å²) in [5.74, 6) is 0.450. The lowest BCUT2D eigenvalue weighted by atomic mass is 10.3. The highest BCUT2D eigenvalue weighted by atomic mass is 16.5. The minimum atomic E-state index is -0.406. The lowest BCUT2D eigenvalue weighted by Crippen LogP contribution is -2.40. The zero-order valence-corrected chi connectivity index (χ0v) is 15.6. The summed E-state index contributed by atoms with van der Waals surface area (Å²) in [5, 5.41) is 2.85. The predicted octanol–water partition coefficient (Wildman–Crippen LogP) is 2.22. The fraction of sp³-hybridized carbons (Fsp3) is 0.550. The maximum Gasteiger partial charge on any atom is 0.325 e. The quantitative estimate of drug-likeness (QED) is 0.635. The van der Waals surface area contributed by atoms with Crippen LogP contribution >= 0.6 is 0 Å². The second-order valence-electron chi connectivity index (χ2n) is 7.10. The van der Waals surface area contributed by atoms with Gasteiger partial charge in [0, 0.05) is 24.2 Å². The zero-order valence-electron chi connectivity index (χ0n) is 15.6. The Morgan fingerprint density at radius 3 is 2.63 bits per heavy atom. The molecule has 146 valence electrons. The van der Waals surface area contributed by atoms with Gasteiger partial charge in [-0.05, 0) is 50.7 Å². The highest BCUT2D eigenvalue weighted by molar-refractivity contribution is 5.94. The number of nitrogens with zero attached hydrogens (tertiary/aromatic N) is 1. The molecule has 0 atom stereocenters. The van der Waals surface area contributed by atoms with Gasteiger partial charge in [-0.3, -0.25) is 14.4 Å². The molecule has 0 heterocycles. The molecule has 7 nitrogen and oxygen atoms in total. The van der Waals surface area contributed by atoms with Crippen LogP contribution in [0, 0.1) is 11.8 Å². The molecule has 7 heteroatoms. The number of ether oxygens (including phenoxy) is 2. The third kappa shape index (κ3) is 6.27. The van der Waals surface area contributed by atoms with Crippen LogP contribution in [0.5, 0.6) is 5.75 Å². The van der Waals surface area contributed by atoms with E-state index >= 15 is 0 Å². The van der Waals surface area contributed by atoms with Gasteiger partial charge in [-0.15, -0.1) is 0 Å². The first-order valence-electron chi connectivity index (χ1n) is 9.52. The molecule has 0 aromatic heterocycles. The first kappa shape index (κ1) is 19.2. The number of esters is 1. The highest BCUT2D eigenvalue weighted by Crippen LogP contribution is 2.31. The van der Waals surface area contributed by atoms with Gasteiger partial charge in [0.1, 0.15) is 12.3 Å². The van der Waals surface area contributed by atoms with Gasteiger partial charge in [0.05, 0.1) is 6.61 Å². The average Bonchev–Trinajstić information content (AvgIpc) is 3.53. The van der Waals surface area contributed by atoms with Crippen LogP contribution in [0.4, 0.5) is 5.69 Å². The number of anilines is 1. The molecule has 27 heavy (non-hydrogen) atoms. The number of amides is 2. The van der Waals surface area contributed by atoms with Gasteiger partial charge in [0.25, 0.3) is 5.91 Å². The molecular weight excluding hydrogens is 348 g/mol. The van der Waals surface area contributed by atoms with Crippen LogP contribution in [0.15, 0.2) is 24.3 Å². The Morgan fingerprint density at radius 1 is 1.19 bits per heavy atom. The molecule has 0 spiro atoms. The minimum absolute atomic E-state index is 0.0215. The normalized spacial score (nSPS) is 15.7. The lowest BCUT2D eigenvalue weighted by Gasteiger charge is -2.21. The summed E-state index contributed by atoms with van der Waals surface area (Å²) in [7, 11) is 0. The molecular formula is C20H26N2O5. The summed E-state index contributed by atoms with van der Waals surface area (Å²) in [5.41, 5.74) is 0.651. The van der Waals surface area contributed by atoms with E-state index in [2.05, 4.69) is 5.32 Å². The van der Waals surface area contributed by atoms with Gasteiger partial charge in [0.2, 0.25) is 5.91 Å². The molecule has 2 amide bonds. The molecule has 3 rings (SSSR count). The molecule has 0 bridgehead atoms. The second-order valence-corrected chi connectivity index (χ2v) is 7.10. The van der Waals surface area contributed by atoms with E-state index in [-0.39, 0.29) is 30.9 Å². The fourth-order valence-corrected chi connectivity index (χ4v) is 2.72. The Hall–Kier alpha value is -2.57. The molecule has 1 aromatic carbocycles. The van der Waals surface area contributed by atoms with Crippen molar-refractivity contribution in [2.45, 2.75) is 32.6 Å². The van der Waals surface area contributed by atoms with E-state index in [9.17, 15) is 14.4 Å². The van der Waals surface area contributed by atoms with E-state index in [4.69, 9.17) is 9.47 Å². The molecule has 0 radical (unpaired) electrons. The number of hydrogen-bond donors (Lipinski definition) is 1. The van der Waals surface area contributed by atoms with Crippen molar-refractivity contribution in [2.24, 2.45) is 11.8 Å². The van der Waals surface area contributed by atoms with E-state index in [1.807, 2.05) is 0 Å². The molecule has 1 N–H and O–H groups in total. The van der Waals surface area contributed by atoms with Crippen molar-refractivity contribution in [1.82, 2.24) is 4.90 Å². The number of benzene rings is 1. The van der Waals surface area contributed by atoms with E-state index < -0.39 is 5.97 Å².